The van der Waals surface area contributed by atoms with E-state index >= 15 is 0 Å². The highest BCUT2D eigenvalue weighted by atomic mass is 16.6. The van der Waals surface area contributed by atoms with Crippen LogP contribution in [-0.4, -0.2) is 20.9 Å². The Morgan fingerprint density at radius 1 is 1.21 bits per heavy atom. The Bertz CT molecular complexity index is 1050. The molecule has 0 saturated carbocycles. The summed E-state index contributed by atoms with van der Waals surface area (Å²) < 4.78 is 0. The summed E-state index contributed by atoms with van der Waals surface area (Å²) in [6.45, 7) is 5.45. The molecule has 7 heteroatoms. The Kier molecular flexibility index (Phi) is 5.26. The quantitative estimate of drug-likeness (QED) is 0.514. The number of nitro groups is 1. The van der Waals surface area contributed by atoms with Gasteiger partial charge in [-0.15, -0.1) is 0 Å². The van der Waals surface area contributed by atoms with Gasteiger partial charge in [0, 0.05) is 23.7 Å². The number of amides is 1. The lowest BCUT2D eigenvalue weighted by molar-refractivity contribution is -0.383. The fourth-order valence-corrected chi connectivity index (χ4v) is 3.01. The molecular weight excluding hydrogens is 358 g/mol. The molecule has 1 aromatic heterocycles. The van der Waals surface area contributed by atoms with E-state index in [0.29, 0.717) is 5.56 Å². The molecule has 28 heavy (non-hydrogen) atoms. The van der Waals surface area contributed by atoms with Crippen LogP contribution in [0.5, 0.6) is 5.75 Å². The number of pyridine rings is 1. The van der Waals surface area contributed by atoms with E-state index in [1.54, 1.807) is 19.9 Å². The van der Waals surface area contributed by atoms with Crippen LogP contribution in [0.25, 0.3) is 10.9 Å². The number of fused-ring (bicyclic) bond motifs is 1. The molecule has 0 radical (unpaired) electrons. The summed E-state index contributed by atoms with van der Waals surface area (Å²) >= 11 is 0. The van der Waals surface area contributed by atoms with Crippen molar-refractivity contribution < 1.29 is 14.8 Å². The van der Waals surface area contributed by atoms with Crippen LogP contribution in [0.2, 0.25) is 0 Å². The topological polar surface area (TPSA) is 105 Å². The normalized spacial score (nSPS) is 12.1. The molecule has 3 aromatic rings. The van der Waals surface area contributed by atoms with Gasteiger partial charge >= 0.3 is 0 Å². The molecule has 0 unspecified atom stereocenters. The van der Waals surface area contributed by atoms with Crippen molar-refractivity contribution in [1.82, 2.24) is 10.3 Å². The molecule has 0 spiro atoms. The third-order valence-electron chi connectivity index (χ3n) is 4.60. The molecule has 1 atom stereocenters. The van der Waals surface area contributed by atoms with Gasteiger partial charge in [-0.3, -0.25) is 19.9 Å². The van der Waals surface area contributed by atoms with E-state index in [2.05, 4.69) is 10.3 Å². The van der Waals surface area contributed by atoms with Crippen molar-refractivity contribution in [3.8, 4) is 5.75 Å². The average molecular weight is 379 g/mol. The molecule has 1 heterocycles. The zero-order chi connectivity index (χ0) is 20.4. The lowest BCUT2D eigenvalue weighted by Crippen LogP contribution is -2.32. The van der Waals surface area contributed by atoms with E-state index in [9.17, 15) is 20.0 Å². The monoisotopic (exact) mass is 379 g/mol. The molecule has 0 aliphatic heterocycles. The smallest absolute Gasteiger partial charge is 0.279 e. The van der Waals surface area contributed by atoms with E-state index < -0.39 is 11.0 Å². The molecule has 3 rings (SSSR count). The van der Waals surface area contributed by atoms with Crippen LogP contribution in [0, 0.1) is 23.0 Å². The molecule has 1 amide bonds. The second-order valence-corrected chi connectivity index (χ2v) is 7.00. The Morgan fingerprint density at radius 2 is 1.89 bits per heavy atom. The van der Waals surface area contributed by atoms with E-state index in [4.69, 9.17) is 0 Å². The number of hydrogen-bond donors (Lipinski definition) is 2. The third kappa shape index (κ3) is 3.64. The van der Waals surface area contributed by atoms with Gasteiger partial charge in [0.15, 0.2) is 0 Å². The van der Waals surface area contributed by atoms with Gasteiger partial charge in [-0.2, -0.15) is 0 Å². The van der Waals surface area contributed by atoms with Gasteiger partial charge in [-0.1, -0.05) is 43.7 Å². The lowest BCUT2D eigenvalue weighted by atomic mass is 9.94. The molecule has 2 N–H and O–H groups in total. The van der Waals surface area contributed by atoms with Crippen molar-refractivity contribution in [2.75, 3.05) is 0 Å². The van der Waals surface area contributed by atoms with Gasteiger partial charge in [0.1, 0.15) is 11.3 Å². The van der Waals surface area contributed by atoms with Gasteiger partial charge in [0.2, 0.25) is 5.91 Å². The second kappa shape index (κ2) is 7.64. The summed E-state index contributed by atoms with van der Waals surface area (Å²) in [5, 5.41) is 25.6. The van der Waals surface area contributed by atoms with Crippen LogP contribution in [0.1, 0.15) is 36.6 Å². The minimum Gasteiger partial charge on any atom is -0.505 e. The van der Waals surface area contributed by atoms with E-state index in [1.807, 2.05) is 31.2 Å². The third-order valence-corrected chi connectivity index (χ3v) is 4.60. The maximum absolute atomic E-state index is 12.4. The van der Waals surface area contributed by atoms with E-state index in [1.165, 1.54) is 18.3 Å². The van der Waals surface area contributed by atoms with Gasteiger partial charge in [0.25, 0.3) is 5.69 Å². The Labute approximate surface area is 162 Å². The van der Waals surface area contributed by atoms with E-state index in [0.717, 1.165) is 5.56 Å². The van der Waals surface area contributed by atoms with Crippen LogP contribution in [0.4, 0.5) is 5.69 Å². The number of benzene rings is 2. The summed E-state index contributed by atoms with van der Waals surface area (Å²) in [5.74, 6) is -0.701. The first kappa shape index (κ1) is 19.3. The number of aromatic nitrogens is 1. The van der Waals surface area contributed by atoms with Crippen LogP contribution in [0.3, 0.4) is 0 Å². The number of carbonyl (C=O) groups excluding carboxylic acids is 1. The number of nitro benzene ring substituents is 1. The summed E-state index contributed by atoms with van der Waals surface area (Å²) in [7, 11) is 0. The van der Waals surface area contributed by atoms with Gasteiger partial charge in [-0.05, 0) is 24.6 Å². The maximum atomic E-state index is 12.4. The van der Waals surface area contributed by atoms with Crippen molar-refractivity contribution in [3.05, 3.63) is 75.5 Å². The number of nitrogens with one attached hydrogen (secondary N) is 1. The summed E-state index contributed by atoms with van der Waals surface area (Å²) in [4.78, 5) is 27.7. The largest absolute Gasteiger partial charge is 0.505 e. The molecule has 144 valence electrons. The fraction of sp³-hybridized carbons (Fsp3) is 0.238. The Morgan fingerprint density at radius 3 is 2.50 bits per heavy atom. The van der Waals surface area contributed by atoms with Crippen molar-refractivity contribution in [3.63, 3.8) is 0 Å². The standard InChI is InChI=1S/C21H21N3O4/c1-12(2)21(26)23-18(14-8-6-13(3)7-9-14)16-11-17(24(27)28)15-5-4-10-22-19(15)20(16)25/h4-12,18,25H,1-3H3,(H,23,26)/t18-/m0/s1. The highest BCUT2D eigenvalue weighted by molar-refractivity contribution is 5.94. The number of rotatable bonds is 5. The summed E-state index contributed by atoms with van der Waals surface area (Å²) in [6.07, 6.45) is 1.46. The molecule has 7 nitrogen and oxygen atoms in total. The minimum absolute atomic E-state index is 0.127. The molecule has 0 aliphatic carbocycles. The zero-order valence-corrected chi connectivity index (χ0v) is 15.8. The number of aryl methyl sites for hydroxylation is 1. The Hall–Kier alpha value is -3.48. The van der Waals surface area contributed by atoms with Gasteiger partial charge in [0.05, 0.1) is 16.4 Å². The highest BCUT2D eigenvalue weighted by Crippen LogP contribution is 2.39. The number of non-ortho nitro benzene ring substituents is 1. The first-order chi connectivity index (χ1) is 13.3. The van der Waals surface area contributed by atoms with Crippen LogP contribution >= 0.6 is 0 Å². The number of phenolic OH excluding ortho intramolecular Hbond substituents is 1. The number of aromatic hydroxyl groups is 1. The fourth-order valence-electron chi connectivity index (χ4n) is 3.01. The lowest BCUT2D eigenvalue weighted by Gasteiger charge is -2.22. The highest BCUT2D eigenvalue weighted by Gasteiger charge is 2.27. The second-order valence-electron chi connectivity index (χ2n) is 7.00. The Balaban J connectivity index is 2.25. The van der Waals surface area contributed by atoms with Crippen molar-refractivity contribution >= 4 is 22.5 Å². The molecule has 0 fully saturated rings. The number of phenols is 1. The summed E-state index contributed by atoms with van der Waals surface area (Å²) in [6, 6.07) is 11.1. The van der Waals surface area contributed by atoms with Crippen LogP contribution in [-0.2, 0) is 4.79 Å². The van der Waals surface area contributed by atoms with Gasteiger partial charge in [-0.25, -0.2) is 0 Å². The molecule has 2 aromatic carbocycles. The molecule has 0 bridgehead atoms. The predicted molar refractivity (Wildman–Crippen MR) is 106 cm³/mol. The first-order valence-electron chi connectivity index (χ1n) is 8.91. The van der Waals surface area contributed by atoms with Crippen LogP contribution < -0.4 is 5.32 Å². The van der Waals surface area contributed by atoms with Crippen molar-refractivity contribution in [2.24, 2.45) is 5.92 Å². The molecule has 0 saturated heterocycles. The van der Waals surface area contributed by atoms with Crippen molar-refractivity contribution in [1.29, 1.82) is 0 Å². The number of hydrogen-bond acceptors (Lipinski definition) is 5. The van der Waals surface area contributed by atoms with Gasteiger partial charge < -0.3 is 10.4 Å². The average Bonchev–Trinajstić information content (AvgIpc) is 2.67. The minimum atomic E-state index is -0.749. The maximum Gasteiger partial charge on any atom is 0.279 e. The first-order valence-corrected chi connectivity index (χ1v) is 8.91. The molecular formula is C21H21N3O4. The van der Waals surface area contributed by atoms with E-state index in [-0.39, 0.29) is 39.7 Å². The number of nitrogens with zero attached hydrogens (tertiary/aromatic N) is 2. The summed E-state index contributed by atoms with van der Waals surface area (Å²) in [5.41, 5.74) is 1.93. The SMILES string of the molecule is Cc1ccc([C@H](NC(=O)C(C)C)c2cc([N+](=O)[O-])c3cccnc3c2O)cc1. The van der Waals surface area contributed by atoms with Crippen LogP contribution in [0.15, 0.2) is 48.7 Å². The predicted octanol–water partition coefficient (Wildman–Crippen LogP) is 4.02. The molecule has 0 aliphatic rings. The number of carbonyl (C=O) groups is 1. The zero-order valence-electron chi connectivity index (χ0n) is 15.8. The van der Waals surface area contributed by atoms with Crippen molar-refractivity contribution in [2.45, 2.75) is 26.8 Å².